The van der Waals surface area contributed by atoms with Crippen LogP contribution < -0.4 is 5.32 Å². The molecule has 0 heterocycles. The Bertz CT molecular complexity index is 880. The maximum atomic E-state index is 12.8. The van der Waals surface area contributed by atoms with E-state index in [2.05, 4.69) is 19.2 Å². The van der Waals surface area contributed by atoms with Crippen molar-refractivity contribution in [1.29, 1.82) is 0 Å². The molecule has 47 heavy (non-hydrogen) atoms. The standard InChI is InChI=1S/C33H64NO12P/c1-3-5-7-9-11-12-13-15-16-18-20-24(35)22-27(37)34-25(26(36)21-19-17-14-10-8-6-4-2)23-45-47(43,44)46-33-31(41)29(39)28(38)30(40)32(33)42/h19,21,24-26,28-33,35-36,38-42H,3-18,20,22-23H2,1-2H3,(H,34,37)(H,43,44)/b21-19+. The topological polar surface area (TPSA) is 226 Å². The minimum Gasteiger partial charge on any atom is -0.393 e. The average molecular weight is 698 g/mol. The molecule has 0 bridgehead atoms. The summed E-state index contributed by atoms with van der Waals surface area (Å²) in [4.78, 5) is 23.1. The van der Waals surface area contributed by atoms with Crippen LogP contribution in [0, 0.1) is 0 Å². The lowest BCUT2D eigenvalue weighted by Crippen LogP contribution is -2.64. The largest absolute Gasteiger partial charge is 0.472 e. The van der Waals surface area contributed by atoms with Gasteiger partial charge in [-0.25, -0.2) is 4.57 Å². The van der Waals surface area contributed by atoms with E-state index >= 15 is 0 Å². The van der Waals surface area contributed by atoms with Crippen LogP contribution in [0.3, 0.4) is 0 Å². The number of carbonyl (C=O) groups excluding carboxylic acids is 1. The molecule has 1 saturated carbocycles. The first-order valence-electron chi connectivity index (χ1n) is 17.7. The Morgan fingerprint density at radius 2 is 1.21 bits per heavy atom. The van der Waals surface area contributed by atoms with Gasteiger partial charge in [0.05, 0.1) is 31.3 Å². The Kier molecular flexibility index (Phi) is 23.5. The summed E-state index contributed by atoms with van der Waals surface area (Å²) in [5.74, 6) is -0.600. The molecule has 278 valence electrons. The van der Waals surface area contributed by atoms with Crippen molar-refractivity contribution in [3.05, 3.63) is 12.2 Å². The van der Waals surface area contributed by atoms with Crippen molar-refractivity contribution in [2.75, 3.05) is 6.61 Å². The number of phosphoric acid groups is 1. The number of phosphoric ester groups is 1. The zero-order valence-electron chi connectivity index (χ0n) is 28.4. The van der Waals surface area contributed by atoms with Gasteiger partial charge in [0.2, 0.25) is 5.91 Å². The summed E-state index contributed by atoms with van der Waals surface area (Å²) >= 11 is 0. The lowest BCUT2D eigenvalue weighted by molar-refractivity contribution is -0.220. The SMILES string of the molecule is CCCCCCC/C=C/C(O)C(COP(=O)(O)OC1C(O)C(O)C(O)C(O)C1O)NC(=O)CC(O)CCCCCCCCCCCC. The Morgan fingerprint density at radius 3 is 1.74 bits per heavy atom. The van der Waals surface area contributed by atoms with Gasteiger partial charge in [-0.1, -0.05) is 116 Å². The number of amides is 1. The second-order valence-corrected chi connectivity index (χ2v) is 14.3. The summed E-state index contributed by atoms with van der Waals surface area (Å²) in [6.45, 7) is 3.59. The van der Waals surface area contributed by atoms with E-state index in [1.54, 1.807) is 6.08 Å². The molecular weight excluding hydrogens is 633 g/mol. The molecule has 0 saturated heterocycles. The van der Waals surface area contributed by atoms with Crippen LogP contribution in [-0.2, 0) is 18.4 Å². The van der Waals surface area contributed by atoms with Crippen LogP contribution in [0.25, 0.3) is 0 Å². The fourth-order valence-electron chi connectivity index (χ4n) is 5.59. The van der Waals surface area contributed by atoms with Crippen molar-refractivity contribution in [3.8, 4) is 0 Å². The fourth-order valence-corrected chi connectivity index (χ4v) is 6.56. The van der Waals surface area contributed by atoms with Gasteiger partial charge in [-0.05, 0) is 19.3 Å². The van der Waals surface area contributed by atoms with E-state index in [-0.39, 0.29) is 6.42 Å². The molecule has 0 aromatic heterocycles. The molecule has 1 fully saturated rings. The van der Waals surface area contributed by atoms with Crippen molar-refractivity contribution in [1.82, 2.24) is 5.32 Å². The first-order valence-corrected chi connectivity index (χ1v) is 19.2. The highest BCUT2D eigenvalue weighted by Gasteiger charge is 2.51. The van der Waals surface area contributed by atoms with Crippen LogP contribution in [0.2, 0.25) is 0 Å². The fraction of sp³-hybridized carbons (Fsp3) is 0.909. The zero-order chi connectivity index (χ0) is 35.2. The summed E-state index contributed by atoms with van der Waals surface area (Å²) in [6, 6.07) is -1.23. The maximum Gasteiger partial charge on any atom is 0.472 e. The van der Waals surface area contributed by atoms with Crippen molar-refractivity contribution in [2.45, 2.75) is 184 Å². The number of rotatable bonds is 27. The highest BCUT2D eigenvalue weighted by molar-refractivity contribution is 7.47. The van der Waals surface area contributed by atoms with Crippen molar-refractivity contribution in [2.24, 2.45) is 0 Å². The molecule has 8 atom stereocenters. The Hall–Kier alpha value is -0.960. The van der Waals surface area contributed by atoms with E-state index < -0.39 is 75.2 Å². The molecule has 0 aliphatic heterocycles. The molecule has 1 amide bonds. The first kappa shape index (κ1) is 44.1. The van der Waals surface area contributed by atoms with Gasteiger partial charge in [0, 0.05) is 0 Å². The normalized spacial score (nSPS) is 26.6. The summed E-state index contributed by atoms with van der Waals surface area (Å²) in [6.07, 6.45) is 6.60. The molecule has 0 aromatic carbocycles. The maximum absolute atomic E-state index is 12.8. The van der Waals surface area contributed by atoms with E-state index in [9.17, 15) is 50.0 Å². The van der Waals surface area contributed by atoms with Gasteiger partial charge < -0.3 is 46.0 Å². The first-order chi connectivity index (χ1) is 22.3. The number of unbranched alkanes of at least 4 members (excludes halogenated alkanes) is 14. The Labute approximate surface area is 281 Å². The minimum absolute atomic E-state index is 0.242. The molecule has 9 N–H and O–H groups in total. The third-order valence-corrected chi connectivity index (χ3v) is 9.61. The smallest absolute Gasteiger partial charge is 0.393 e. The number of allylic oxidation sites excluding steroid dienone is 1. The molecule has 1 aliphatic rings. The van der Waals surface area contributed by atoms with E-state index in [0.29, 0.717) is 12.8 Å². The van der Waals surface area contributed by atoms with Crippen molar-refractivity contribution < 1.29 is 59.0 Å². The van der Waals surface area contributed by atoms with E-state index in [4.69, 9.17) is 9.05 Å². The Morgan fingerprint density at radius 1 is 0.745 bits per heavy atom. The van der Waals surface area contributed by atoms with Gasteiger partial charge in [0.15, 0.2) is 0 Å². The van der Waals surface area contributed by atoms with Crippen LogP contribution in [0.5, 0.6) is 0 Å². The number of aliphatic hydroxyl groups is 7. The van der Waals surface area contributed by atoms with Crippen LogP contribution in [-0.4, -0.2) is 108 Å². The van der Waals surface area contributed by atoms with Gasteiger partial charge >= 0.3 is 7.82 Å². The quantitative estimate of drug-likeness (QED) is 0.0343. The van der Waals surface area contributed by atoms with Crippen molar-refractivity contribution in [3.63, 3.8) is 0 Å². The van der Waals surface area contributed by atoms with E-state index in [1.807, 2.05) is 0 Å². The molecule has 8 unspecified atom stereocenters. The third-order valence-electron chi connectivity index (χ3n) is 8.62. The van der Waals surface area contributed by atoms with Crippen molar-refractivity contribution >= 4 is 13.7 Å². The number of hydrogen-bond donors (Lipinski definition) is 9. The third kappa shape index (κ3) is 18.6. The molecule has 0 spiro atoms. The molecule has 13 nitrogen and oxygen atoms in total. The monoisotopic (exact) mass is 697 g/mol. The van der Waals surface area contributed by atoms with Gasteiger partial charge in [0.25, 0.3) is 0 Å². The number of carbonyl (C=O) groups is 1. The van der Waals surface area contributed by atoms with Crippen LogP contribution in [0.1, 0.15) is 129 Å². The summed E-state index contributed by atoms with van der Waals surface area (Å²) < 4.78 is 22.6. The zero-order valence-corrected chi connectivity index (χ0v) is 29.3. The van der Waals surface area contributed by atoms with Crippen LogP contribution in [0.4, 0.5) is 0 Å². The van der Waals surface area contributed by atoms with Gasteiger partial charge in [-0.15, -0.1) is 0 Å². The summed E-state index contributed by atoms with van der Waals surface area (Å²) in [5, 5.41) is 73.6. The van der Waals surface area contributed by atoms with E-state index in [1.165, 1.54) is 44.6 Å². The molecular formula is C33H64NO12P. The molecule has 14 heteroatoms. The van der Waals surface area contributed by atoms with Gasteiger partial charge in [-0.2, -0.15) is 0 Å². The van der Waals surface area contributed by atoms with E-state index in [0.717, 1.165) is 57.8 Å². The summed E-state index contributed by atoms with van der Waals surface area (Å²) in [5.41, 5.74) is 0. The van der Waals surface area contributed by atoms with Crippen LogP contribution >= 0.6 is 7.82 Å². The molecule has 0 radical (unpaired) electrons. The lowest BCUT2D eigenvalue weighted by Gasteiger charge is -2.41. The number of nitrogens with one attached hydrogen (secondary N) is 1. The van der Waals surface area contributed by atoms with Gasteiger partial charge in [0.1, 0.15) is 36.6 Å². The second-order valence-electron chi connectivity index (χ2n) is 12.9. The molecule has 1 aliphatic carbocycles. The van der Waals surface area contributed by atoms with Crippen LogP contribution in [0.15, 0.2) is 12.2 Å². The predicted octanol–water partition coefficient (Wildman–Crippen LogP) is 3.13. The number of aliphatic hydroxyl groups excluding tert-OH is 7. The number of hydrogen-bond acceptors (Lipinski definition) is 11. The minimum atomic E-state index is -5.11. The molecule has 1 rings (SSSR count). The predicted molar refractivity (Wildman–Crippen MR) is 178 cm³/mol. The second kappa shape index (κ2) is 25.1. The molecule has 0 aromatic rings. The Balaban J connectivity index is 2.68. The highest BCUT2D eigenvalue weighted by atomic mass is 31.2. The average Bonchev–Trinajstić information content (AvgIpc) is 3.03. The highest BCUT2D eigenvalue weighted by Crippen LogP contribution is 2.47. The van der Waals surface area contributed by atoms with Gasteiger partial charge in [-0.3, -0.25) is 13.8 Å². The lowest BCUT2D eigenvalue weighted by atomic mass is 9.85. The summed E-state index contributed by atoms with van der Waals surface area (Å²) in [7, 11) is -5.11.